The van der Waals surface area contributed by atoms with Crippen LogP contribution in [0, 0.1) is 29.6 Å². The number of anilines is 1. The lowest BCUT2D eigenvalue weighted by molar-refractivity contribution is -0.142. The summed E-state index contributed by atoms with van der Waals surface area (Å²) in [5.41, 5.74) is 1.24. The lowest BCUT2D eigenvalue weighted by Crippen LogP contribution is -2.42. The normalized spacial score (nSPS) is 27.3. The van der Waals surface area contributed by atoms with Crippen molar-refractivity contribution in [1.29, 1.82) is 0 Å². The molecule has 1 saturated heterocycles. The van der Waals surface area contributed by atoms with Crippen LogP contribution >= 0.6 is 23.1 Å². The molecular formula is C31H30N4O9S3. The van der Waals surface area contributed by atoms with Gasteiger partial charge in [-0.1, -0.05) is 23.5 Å². The number of nitrogens with one attached hydrogen (secondary N) is 2. The molecule has 2 aliphatic carbocycles. The van der Waals surface area contributed by atoms with Crippen LogP contribution in [0.5, 0.6) is 5.75 Å². The summed E-state index contributed by atoms with van der Waals surface area (Å²) in [5.74, 6) is -2.77. The first-order chi connectivity index (χ1) is 22.4. The number of carboxylic acids is 1. The van der Waals surface area contributed by atoms with Crippen molar-refractivity contribution in [3.8, 4) is 5.75 Å². The number of ether oxygens (including phenoxy) is 1. The van der Waals surface area contributed by atoms with Crippen molar-refractivity contribution in [2.24, 2.45) is 34.7 Å². The Morgan fingerprint density at radius 1 is 1.06 bits per heavy atom. The Morgan fingerprint density at radius 3 is 2.49 bits per heavy atom. The van der Waals surface area contributed by atoms with E-state index in [9.17, 15) is 32.4 Å². The van der Waals surface area contributed by atoms with E-state index in [1.54, 1.807) is 17.8 Å². The number of primary sulfonamides is 1. The Morgan fingerprint density at radius 2 is 1.79 bits per heavy atom. The average molecular weight is 699 g/mol. The van der Waals surface area contributed by atoms with E-state index in [1.165, 1.54) is 29.2 Å². The topological polar surface area (TPSA) is 206 Å². The summed E-state index contributed by atoms with van der Waals surface area (Å²) in [5, 5.41) is 17.6. The minimum absolute atomic E-state index is 0.00396. The second-order valence-electron chi connectivity index (χ2n) is 12.3. The third-order valence-electron chi connectivity index (χ3n) is 9.64. The highest BCUT2D eigenvalue weighted by Crippen LogP contribution is 2.68. The number of nitrogens with two attached hydrogens (primary N) is 1. The molecule has 7 atom stereocenters. The van der Waals surface area contributed by atoms with Gasteiger partial charge in [0.2, 0.25) is 21.8 Å². The summed E-state index contributed by atoms with van der Waals surface area (Å²) in [4.78, 5) is 68.2. The maximum Gasteiger partial charge on any atom is 0.305 e. The second kappa shape index (κ2) is 11.9. The zero-order valence-electron chi connectivity index (χ0n) is 24.7. The first kappa shape index (κ1) is 31.6. The van der Waals surface area contributed by atoms with Gasteiger partial charge in [0.1, 0.15) is 5.75 Å². The van der Waals surface area contributed by atoms with Crippen LogP contribution < -0.4 is 20.1 Å². The maximum absolute atomic E-state index is 13.6. The number of likely N-dealkylation sites (tertiary alicyclic amines) is 1. The quantitative estimate of drug-likeness (QED) is 0.228. The Bertz CT molecular complexity index is 1960. The van der Waals surface area contributed by atoms with E-state index in [1.807, 2.05) is 18.2 Å². The smallest absolute Gasteiger partial charge is 0.305 e. The van der Waals surface area contributed by atoms with Gasteiger partial charge < -0.3 is 20.1 Å². The number of aromatic nitrogens is 1. The van der Waals surface area contributed by atoms with Gasteiger partial charge >= 0.3 is 10.8 Å². The predicted molar refractivity (Wildman–Crippen MR) is 170 cm³/mol. The van der Waals surface area contributed by atoms with Crippen molar-refractivity contribution in [2.75, 3.05) is 18.5 Å². The molecule has 4 aliphatic rings. The van der Waals surface area contributed by atoms with E-state index in [-0.39, 0.29) is 76.5 Å². The van der Waals surface area contributed by atoms with Crippen molar-refractivity contribution in [3.05, 3.63) is 68.6 Å². The molecule has 47 heavy (non-hydrogen) atoms. The predicted octanol–water partition coefficient (Wildman–Crippen LogP) is 2.44. The number of H-pyrrole nitrogens is 1. The minimum atomic E-state index is -3.86. The van der Waals surface area contributed by atoms with E-state index in [2.05, 4.69) is 10.3 Å². The fourth-order valence-electron chi connectivity index (χ4n) is 7.93. The van der Waals surface area contributed by atoms with Gasteiger partial charge in [-0.05, 0) is 72.6 Å². The molecule has 0 spiro atoms. The average Bonchev–Trinajstić information content (AvgIpc) is 3.75. The lowest BCUT2D eigenvalue weighted by Gasteiger charge is -2.43. The number of carbonyl (C=O) groups is 4. The van der Waals surface area contributed by atoms with E-state index < -0.39 is 33.7 Å². The number of rotatable bonds is 10. The third-order valence-corrected chi connectivity index (χ3v) is 13.2. The molecule has 6 unspecified atom stereocenters. The number of hydrogen-bond acceptors (Lipinski definition) is 10. The molecule has 3 heterocycles. The van der Waals surface area contributed by atoms with Crippen LogP contribution in [0.3, 0.4) is 0 Å². The molecule has 7 rings (SSSR count). The van der Waals surface area contributed by atoms with Crippen LogP contribution in [0.4, 0.5) is 5.69 Å². The SMILES string of the molecule is NS(=O)(=O)c1ccc(NC(=O)COc2cccc([C@H]3c4sc(=O)[nH]c4SC4C5CC(C6C(=O)N(CCCC(=O)O)C(=O)C56)C43)c2)cc1. The van der Waals surface area contributed by atoms with Gasteiger partial charge in [0.05, 0.1) is 21.8 Å². The number of nitrogens with zero attached hydrogens (tertiary/aromatic N) is 1. The van der Waals surface area contributed by atoms with E-state index in [0.717, 1.165) is 33.2 Å². The van der Waals surface area contributed by atoms with Gasteiger partial charge in [0, 0.05) is 34.7 Å². The molecule has 0 radical (unpaired) electrons. The van der Waals surface area contributed by atoms with Gasteiger partial charge in [0.25, 0.3) is 5.91 Å². The van der Waals surface area contributed by atoms with Crippen molar-refractivity contribution >= 4 is 62.5 Å². The Balaban J connectivity index is 1.11. The number of carbonyl (C=O) groups excluding carboxylic acids is 3. The number of hydrogen-bond donors (Lipinski definition) is 4. The van der Waals surface area contributed by atoms with Crippen LogP contribution in [0.2, 0.25) is 0 Å². The third kappa shape index (κ3) is 5.66. The van der Waals surface area contributed by atoms with E-state index in [4.69, 9.17) is 15.0 Å². The number of aliphatic carboxylic acids is 1. The fraction of sp³-hybridized carbons (Fsp3) is 0.387. The molecule has 2 aromatic carbocycles. The monoisotopic (exact) mass is 698 g/mol. The number of aromatic amines is 1. The molecule has 246 valence electrons. The molecule has 1 aromatic heterocycles. The Labute approximate surface area is 276 Å². The highest BCUT2D eigenvalue weighted by molar-refractivity contribution is 8.00. The minimum Gasteiger partial charge on any atom is -0.484 e. The zero-order valence-corrected chi connectivity index (χ0v) is 27.1. The molecule has 3 aromatic rings. The first-order valence-corrected chi connectivity index (χ1v) is 18.3. The van der Waals surface area contributed by atoms with Crippen LogP contribution in [-0.2, 0) is 29.2 Å². The van der Waals surface area contributed by atoms with E-state index in [0.29, 0.717) is 11.4 Å². The standard InChI is InChI=1S/C31H30N4O9S3/c32-47(42,43)17-8-6-15(7-9-17)33-20(36)13-44-16-4-1-3-14(11-16)22-23-18-12-19(26(23)45-28-27(22)46-31(41)34-28)25-24(18)29(39)35(30(25)40)10-2-5-21(37)38/h1,3-4,6-9,11,18-19,22-26H,2,5,10,12-13H2,(H,33,36)(H,34,41)(H,37,38)(H2,32,42,43)/t18?,19?,22-,23?,24?,25?,26?/m1/s1. The van der Waals surface area contributed by atoms with Crippen molar-refractivity contribution < 1.29 is 37.4 Å². The molecule has 2 bridgehead atoms. The number of carboxylic acid groups (broad SMARTS) is 1. The maximum atomic E-state index is 13.6. The van der Waals surface area contributed by atoms with Gasteiger partial charge in [-0.3, -0.25) is 28.9 Å². The van der Waals surface area contributed by atoms with Gasteiger partial charge in [-0.15, -0.1) is 11.8 Å². The zero-order chi connectivity index (χ0) is 33.2. The number of fused-ring (bicyclic) bond motifs is 9. The van der Waals surface area contributed by atoms with Gasteiger partial charge in [0.15, 0.2) is 6.61 Å². The van der Waals surface area contributed by atoms with Crippen molar-refractivity contribution in [3.63, 3.8) is 0 Å². The fourth-order valence-corrected chi connectivity index (χ4v) is 11.3. The summed E-state index contributed by atoms with van der Waals surface area (Å²) < 4.78 is 28.8. The highest BCUT2D eigenvalue weighted by atomic mass is 32.2. The number of benzene rings is 2. The Kier molecular flexibility index (Phi) is 8.01. The van der Waals surface area contributed by atoms with Crippen LogP contribution in [-0.4, -0.2) is 65.5 Å². The second-order valence-corrected chi connectivity index (χ2v) is 16.0. The molecule has 3 fully saturated rings. The first-order valence-electron chi connectivity index (χ1n) is 15.0. The molecule has 13 nitrogen and oxygen atoms in total. The molecule has 2 aliphatic heterocycles. The Hall–Kier alpha value is -3.99. The molecule has 3 amide bonds. The number of amides is 3. The van der Waals surface area contributed by atoms with Gasteiger partial charge in [-0.2, -0.15) is 0 Å². The molecule has 2 saturated carbocycles. The number of sulfonamides is 1. The lowest BCUT2D eigenvalue weighted by atomic mass is 9.68. The van der Waals surface area contributed by atoms with Crippen molar-refractivity contribution in [2.45, 2.75) is 40.4 Å². The van der Waals surface area contributed by atoms with Crippen LogP contribution in [0.15, 0.2) is 63.2 Å². The van der Waals surface area contributed by atoms with Crippen LogP contribution in [0.25, 0.3) is 0 Å². The summed E-state index contributed by atoms with van der Waals surface area (Å²) in [6.45, 7) is -0.227. The molecule has 5 N–H and O–H groups in total. The summed E-state index contributed by atoms with van der Waals surface area (Å²) in [6, 6.07) is 12.7. The largest absolute Gasteiger partial charge is 0.484 e. The van der Waals surface area contributed by atoms with Gasteiger partial charge in [-0.25, -0.2) is 13.6 Å². The molecular weight excluding hydrogens is 669 g/mol. The number of thiazole rings is 1. The van der Waals surface area contributed by atoms with E-state index >= 15 is 0 Å². The summed E-state index contributed by atoms with van der Waals surface area (Å²) in [7, 11) is -3.86. The molecule has 16 heteroatoms. The summed E-state index contributed by atoms with van der Waals surface area (Å²) >= 11 is 2.72. The highest BCUT2D eigenvalue weighted by Gasteiger charge is 2.69. The number of imide groups is 1. The summed E-state index contributed by atoms with van der Waals surface area (Å²) in [6.07, 6.45) is 0.812. The van der Waals surface area contributed by atoms with Crippen LogP contribution in [0.1, 0.15) is 35.6 Å². The number of thioether (sulfide) groups is 1. The van der Waals surface area contributed by atoms with Crippen molar-refractivity contribution in [1.82, 2.24) is 9.88 Å².